The Balaban J connectivity index is 3.48. The van der Waals surface area contributed by atoms with E-state index in [1.807, 2.05) is 0 Å². The third-order valence-corrected chi connectivity index (χ3v) is 2.17. The Morgan fingerprint density at radius 2 is 1.87 bits per heavy atom. The fourth-order valence-corrected chi connectivity index (χ4v) is 1.79. The van der Waals surface area contributed by atoms with Gasteiger partial charge in [-0.2, -0.15) is 13.2 Å². The molecule has 0 amide bonds. The molecular formula is C7H2BrClF5N. The maximum Gasteiger partial charge on any atom is 0.419 e. The Hall–Kier alpha value is -0.430. The van der Waals surface area contributed by atoms with Gasteiger partial charge in [-0.15, -0.1) is 0 Å². The zero-order chi connectivity index (χ0) is 11.8. The summed E-state index contributed by atoms with van der Waals surface area (Å²) in [6.45, 7) is 0. The molecule has 0 unspecified atom stereocenters. The first-order chi connectivity index (χ1) is 6.73. The third kappa shape index (κ3) is 2.78. The lowest BCUT2D eigenvalue weighted by Gasteiger charge is -2.13. The van der Waals surface area contributed by atoms with Crippen LogP contribution in [0.15, 0.2) is 10.7 Å². The number of hydrogen-bond donors (Lipinski definition) is 0. The molecule has 1 nitrogen and oxygen atoms in total. The van der Waals surface area contributed by atoms with Gasteiger partial charge < -0.3 is 0 Å². The molecule has 0 aliphatic heterocycles. The SMILES string of the molecule is FC(F)c1cc(Br)nc(Cl)c1C(F)(F)F. The second-order valence-corrected chi connectivity index (χ2v) is 3.67. The van der Waals surface area contributed by atoms with Crippen LogP contribution in [0, 0.1) is 0 Å². The molecule has 0 fully saturated rings. The summed E-state index contributed by atoms with van der Waals surface area (Å²) in [6.07, 6.45) is -8.21. The number of hydrogen-bond acceptors (Lipinski definition) is 1. The summed E-state index contributed by atoms with van der Waals surface area (Å²) in [6, 6.07) is 0.597. The topological polar surface area (TPSA) is 12.9 Å². The molecular weight excluding hydrogens is 308 g/mol. The lowest BCUT2D eigenvalue weighted by atomic mass is 10.1. The Kier molecular flexibility index (Phi) is 3.55. The van der Waals surface area contributed by atoms with Crippen LogP contribution in [0.1, 0.15) is 17.6 Å². The summed E-state index contributed by atoms with van der Waals surface area (Å²) >= 11 is 7.85. The van der Waals surface area contributed by atoms with Crippen molar-refractivity contribution in [3.05, 3.63) is 26.9 Å². The van der Waals surface area contributed by atoms with Crippen LogP contribution in [-0.4, -0.2) is 4.98 Å². The van der Waals surface area contributed by atoms with Crippen molar-refractivity contribution in [2.45, 2.75) is 12.6 Å². The molecule has 0 spiro atoms. The molecule has 0 aromatic carbocycles. The van der Waals surface area contributed by atoms with Gasteiger partial charge in [-0.3, -0.25) is 0 Å². The number of nitrogens with zero attached hydrogens (tertiary/aromatic N) is 1. The molecule has 1 aromatic heterocycles. The van der Waals surface area contributed by atoms with Crippen molar-refractivity contribution >= 4 is 27.5 Å². The average Bonchev–Trinajstić information content (AvgIpc) is 1.99. The van der Waals surface area contributed by atoms with Crippen molar-refractivity contribution < 1.29 is 22.0 Å². The van der Waals surface area contributed by atoms with Crippen LogP contribution < -0.4 is 0 Å². The van der Waals surface area contributed by atoms with Gasteiger partial charge in [-0.1, -0.05) is 11.6 Å². The number of halogens is 7. The van der Waals surface area contributed by atoms with E-state index in [0.717, 1.165) is 0 Å². The number of alkyl halides is 5. The second-order valence-electron chi connectivity index (χ2n) is 2.50. The highest BCUT2D eigenvalue weighted by molar-refractivity contribution is 9.10. The monoisotopic (exact) mass is 309 g/mol. The van der Waals surface area contributed by atoms with E-state index in [4.69, 9.17) is 11.6 Å². The highest BCUT2D eigenvalue weighted by Gasteiger charge is 2.39. The molecule has 0 atom stereocenters. The van der Waals surface area contributed by atoms with E-state index in [2.05, 4.69) is 20.9 Å². The lowest BCUT2D eigenvalue weighted by molar-refractivity contribution is -0.139. The molecule has 0 radical (unpaired) electrons. The standard InChI is InChI=1S/C7H2BrClF5N/c8-3-1-2(6(10)11)4(5(9)15-3)7(12,13)14/h1,6H. The van der Waals surface area contributed by atoms with Crippen LogP contribution >= 0.6 is 27.5 Å². The molecule has 84 valence electrons. The Morgan fingerprint density at radius 3 is 2.27 bits per heavy atom. The second kappa shape index (κ2) is 4.21. The van der Waals surface area contributed by atoms with Gasteiger partial charge in [0.2, 0.25) is 0 Å². The van der Waals surface area contributed by atoms with E-state index < -0.39 is 28.9 Å². The highest BCUT2D eigenvalue weighted by atomic mass is 79.9. The van der Waals surface area contributed by atoms with Crippen molar-refractivity contribution in [1.29, 1.82) is 0 Å². The van der Waals surface area contributed by atoms with E-state index in [9.17, 15) is 22.0 Å². The predicted octanol–water partition coefficient (Wildman–Crippen LogP) is 4.45. The quantitative estimate of drug-likeness (QED) is 0.551. The predicted molar refractivity (Wildman–Crippen MR) is 46.9 cm³/mol. The molecule has 0 bridgehead atoms. The maximum atomic E-state index is 12.3. The van der Waals surface area contributed by atoms with Crippen LogP contribution in [0.3, 0.4) is 0 Å². The van der Waals surface area contributed by atoms with E-state index in [0.29, 0.717) is 6.07 Å². The average molecular weight is 310 g/mol. The zero-order valence-electron chi connectivity index (χ0n) is 6.75. The fraction of sp³-hybridized carbons (Fsp3) is 0.286. The van der Waals surface area contributed by atoms with Crippen molar-refractivity contribution in [3.8, 4) is 0 Å². The van der Waals surface area contributed by atoms with Crippen LogP contribution in [0.5, 0.6) is 0 Å². The molecule has 0 aliphatic carbocycles. The smallest absolute Gasteiger partial charge is 0.229 e. The molecule has 8 heteroatoms. The molecule has 0 aliphatic rings. The van der Waals surface area contributed by atoms with Crippen LogP contribution in [0.4, 0.5) is 22.0 Å². The summed E-state index contributed by atoms with van der Waals surface area (Å²) in [5.74, 6) is 0. The minimum atomic E-state index is -4.95. The normalized spacial score (nSPS) is 12.3. The first-order valence-corrected chi connectivity index (χ1v) is 4.62. The Labute approximate surface area is 94.4 Å². The van der Waals surface area contributed by atoms with Crippen LogP contribution in [0.2, 0.25) is 5.15 Å². The van der Waals surface area contributed by atoms with Crippen LogP contribution in [-0.2, 0) is 6.18 Å². The molecule has 1 rings (SSSR count). The molecule has 15 heavy (non-hydrogen) atoms. The summed E-state index contributed by atoms with van der Waals surface area (Å²) in [7, 11) is 0. The summed E-state index contributed by atoms with van der Waals surface area (Å²) < 4.78 is 61.4. The largest absolute Gasteiger partial charge is 0.419 e. The minimum absolute atomic E-state index is 0.171. The van der Waals surface area contributed by atoms with Gasteiger partial charge in [-0.25, -0.2) is 13.8 Å². The molecule has 0 saturated heterocycles. The Morgan fingerprint density at radius 1 is 1.33 bits per heavy atom. The van der Waals surface area contributed by atoms with Crippen molar-refractivity contribution in [1.82, 2.24) is 4.98 Å². The van der Waals surface area contributed by atoms with Gasteiger partial charge in [-0.05, 0) is 22.0 Å². The van der Waals surface area contributed by atoms with Crippen molar-refractivity contribution in [3.63, 3.8) is 0 Å². The van der Waals surface area contributed by atoms with Gasteiger partial charge >= 0.3 is 6.18 Å². The number of rotatable bonds is 1. The summed E-state index contributed by atoms with van der Waals surface area (Å²) in [4.78, 5) is 3.21. The highest BCUT2D eigenvalue weighted by Crippen LogP contribution is 2.40. The fourth-order valence-electron chi connectivity index (χ4n) is 0.954. The zero-order valence-corrected chi connectivity index (χ0v) is 9.09. The van der Waals surface area contributed by atoms with Gasteiger partial charge in [0, 0.05) is 5.56 Å². The van der Waals surface area contributed by atoms with Gasteiger partial charge in [0.15, 0.2) is 0 Å². The molecule has 1 aromatic rings. The van der Waals surface area contributed by atoms with Gasteiger partial charge in [0.1, 0.15) is 15.3 Å². The lowest BCUT2D eigenvalue weighted by Crippen LogP contribution is -2.11. The maximum absolute atomic E-state index is 12.3. The van der Waals surface area contributed by atoms with Gasteiger partial charge in [0.25, 0.3) is 6.43 Å². The molecule has 1 heterocycles. The molecule has 0 saturated carbocycles. The summed E-state index contributed by atoms with van der Waals surface area (Å²) in [5.41, 5.74) is -2.78. The third-order valence-electron chi connectivity index (χ3n) is 1.49. The van der Waals surface area contributed by atoms with E-state index in [1.165, 1.54) is 0 Å². The summed E-state index contributed by atoms with van der Waals surface area (Å²) in [5, 5.41) is -0.993. The number of pyridine rings is 1. The van der Waals surface area contributed by atoms with E-state index in [1.54, 1.807) is 0 Å². The van der Waals surface area contributed by atoms with E-state index >= 15 is 0 Å². The van der Waals surface area contributed by atoms with Crippen molar-refractivity contribution in [2.75, 3.05) is 0 Å². The first kappa shape index (κ1) is 12.6. The van der Waals surface area contributed by atoms with E-state index in [-0.39, 0.29) is 4.60 Å². The first-order valence-electron chi connectivity index (χ1n) is 3.44. The minimum Gasteiger partial charge on any atom is -0.229 e. The van der Waals surface area contributed by atoms with Gasteiger partial charge in [0.05, 0.1) is 0 Å². The molecule has 0 N–H and O–H groups in total. The van der Waals surface area contributed by atoms with Crippen molar-refractivity contribution in [2.24, 2.45) is 0 Å². The number of aromatic nitrogens is 1. The Bertz CT molecular complexity index is 378. The van der Waals surface area contributed by atoms with Crippen LogP contribution in [0.25, 0.3) is 0 Å².